The van der Waals surface area contributed by atoms with Gasteiger partial charge in [0.05, 0.1) is 21.6 Å². The van der Waals surface area contributed by atoms with Crippen molar-refractivity contribution in [1.82, 2.24) is 15.1 Å². The predicted molar refractivity (Wildman–Crippen MR) is 166 cm³/mol. The Hall–Kier alpha value is -3.06. The minimum absolute atomic E-state index is 0.0409. The highest BCUT2D eigenvalue weighted by molar-refractivity contribution is 6.42. The molecule has 2 fully saturated rings. The Bertz CT molecular complexity index is 1310. The van der Waals surface area contributed by atoms with E-state index in [1.165, 1.54) is 22.4 Å². The third-order valence-electron chi connectivity index (χ3n) is 8.40. The third-order valence-corrected chi connectivity index (χ3v) is 9.14. The Morgan fingerprint density at radius 3 is 2.17 bits per heavy atom. The summed E-state index contributed by atoms with van der Waals surface area (Å²) in [6.45, 7) is 6.59. The Balaban J connectivity index is 0.000000251. The standard InChI is InChI=1S/C23H26Cl2N2O.C10H13NO2/c1-16(28)26-23(19-5-3-2-4-6-19)9-11-27(12-10-23)15-18-13-20(18)17-7-8-21(24)22(25)14-17;1-8(11(2)10(12)13)9-6-4-3-5-7-9/h2-8,14,18,20H,9-13,15H2,1H3,(H,26,28);3-8H,1-2H3,(H,12,13)/t18-,20+;8-/m01/s1. The van der Waals surface area contributed by atoms with Crippen LogP contribution in [-0.4, -0.2) is 53.6 Å². The van der Waals surface area contributed by atoms with Crippen molar-refractivity contribution in [3.05, 3.63) is 106 Å². The molecule has 41 heavy (non-hydrogen) atoms. The average molecular weight is 597 g/mol. The van der Waals surface area contributed by atoms with Crippen LogP contribution in [0.3, 0.4) is 0 Å². The molecule has 0 aromatic heterocycles. The summed E-state index contributed by atoms with van der Waals surface area (Å²) in [6, 6.07) is 25.9. The fourth-order valence-corrected chi connectivity index (χ4v) is 6.06. The number of carboxylic acid groups (broad SMARTS) is 1. The molecule has 0 unspecified atom stereocenters. The molecular formula is C33H39Cl2N3O3. The number of halogens is 2. The molecule has 0 radical (unpaired) electrons. The largest absolute Gasteiger partial charge is 0.465 e. The zero-order valence-electron chi connectivity index (χ0n) is 23.9. The summed E-state index contributed by atoms with van der Waals surface area (Å²) in [6.07, 6.45) is 2.20. The number of nitrogens with zero attached hydrogens (tertiary/aromatic N) is 2. The van der Waals surface area contributed by atoms with Crippen LogP contribution in [0, 0.1) is 5.92 Å². The first kappa shape index (κ1) is 30.9. The summed E-state index contributed by atoms with van der Waals surface area (Å²) >= 11 is 12.2. The zero-order chi connectivity index (χ0) is 29.6. The van der Waals surface area contributed by atoms with E-state index < -0.39 is 6.09 Å². The van der Waals surface area contributed by atoms with Crippen molar-refractivity contribution in [3.63, 3.8) is 0 Å². The first-order valence-corrected chi connectivity index (χ1v) is 14.9. The Labute approximate surface area is 253 Å². The molecule has 1 aliphatic carbocycles. The van der Waals surface area contributed by atoms with E-state index in [0.29, 0.717) is 21.9 Å². The van der Waals surface area contributed by atoms with Gasteiger partial charge in [-0.15, -0.1) is 0 Å². The quantitative estimate of drug-likeness (QED) is 0.295. The van der Waals surface area contributed by atoms with Gasteiger partial charge >= 0.3 is 6.09 Å². The summed E-state index contributed by atoms with van der Waals surface area (Å²) in [5, 5.41) is 13.3. The summed E-state index contributed by atoms with van der Waals surface area (Å²) < 4.78 is 0. The number of rotatable bonds is 7. The third kappa shape index (κ3) is 8.03. The second kappa shape index (κ2) is 13.7. The molecule has 2 N–H and O–H groups in total. The van der Waals surface area contributed by atoms with Crippen molar-refractivity contribution in [2.45, 2.75) is 50.6 Å². The summed E-state index contributed by atoms with van der Waals surface area (Å²) in [5.41, 5.74) is 3.28. The lowest BCUT2D eigenvalue weighted by molar-refractivity contribution is -0.121. The first-order chi connectivity index (χ1) is 19.6. The number of carbonyl (C=O) groups excluding carboxylic acids is 1. The van der Waals surface area contributed by atoms with Crippen molar-refractivity contribution in [1.29, 1.82) is 0 Å². The molecule has 2 amide bonds. The minimum atomic E-state index is -0.906. The van der Waals surface area contributed by atoms with Crippen molar-refractivity contribution >= 4 is 35.2 Å². The number of benzene rings is 3. The molecule has 6 nitrogen and oxygen atoms in total. The molecule has 1 saturated carbocycles. The normalized spacial score (nSPS) is 20.2. The maximum Gasteiger partial charge on any atom is 0.407 e. The molecule has 1 aliphatic heterocycles. The predicted octanol–water partition coefficient (Wildman–Crippen LogP) is 7.58. The highest BCUT2D eigenvalue weighted by Gasteiger charge is 2.42. The lowest BCUT2D eigenvalue weighted by Gasteiger charge is -2.43. The monoisotopic (exact) mass is 595 g/mol. The number of amides is 2. The summed E-state index contributed by atoms with van der Waals surface area (Å²) in [7, 11) is 1.57. The van der Waals surface area contributed by atoms with Crippen LogP contribution in [0.25, 0.3) is 0 Å². The Morgan fingerprint density at radius 1 is 1.00 bits per heavy atom. The summed E-state index contributed by atoms with van der Waals surface area (Å²) in [5.74, 6) is 1.31. The van der Waals surface area contributed by atoms with Crippen molar-refractivity contribution in [3.8, 4) is 0 Å². The zero-order valence-corrected chi connectivity index (χ0v) is 25.4. The van der Waals surface area contributed by atoms with E-state index in [2.05, 4.69) is 40.5 Å². The average Bonchev–Trinajstić information content (AvgIpc) is 3.75. The number of hydrogen-bond donors (Lipinski definition) is 2. The van der Waals surface area contributed by atoms with Crippen LogP contribution in [0.1, 0.15) is 61.8 Å². The second-order valence-electron chi connectivity index (χ2n) is 11.2. The molecule has 8 heteroatoms. The van der Waals surface area contributed by atoms with Crippen LogP contribution in [0.2, 0.25) is 10.0 Å². The maximum atomic E-state index is 11.9. The molecular weight excluding hydrogens is 557 g/mol. The molecule has 1 saturated heterocycles. The van der Waals surface area contributed by atoms with Gasteiger partial charge in [-0.1, -0.05) is 89.9 Å². The van der Waals surface area contributed by atoms with Crippen molar-refractivity contribution in [2.24, 2.45) is 5.92 Å². The molecule has 2 aliphatic rings. The van der Waals surface area contributed by atoms with Gasteiger partial charge in [-0.25, -0.2) is 4.79 Å². The number of piperidine rings is 1. The van der Waals surface area contributed by atoms with Gasteiger partial charge in [0.15, 0.2) is 0 Å². The van der Waals surface area contributed by atoms with E-state index in [4.69, 9.17) is 28.3 Å². The maximum absolute atomic E-state index is 11.9. The van der Waals surface area contributed by atoms with Gasteiger partial charge in [0.25, 0.3) is 0 Å². The molecule has 1 heterocycles. The Kier molecular flexibility index (Phi) is 10.3. The van der Waals surface area contributed by atoms with Crippen LogP contribution in [0.4, 0.5) is 4.79 Å². The topological polar surface area (TPSA) is 72.9 Å². The van der Waals surface area contributed by atoms with E-state index in [1.54, 1.807) is 14.0 Å². The Morgan fingerprint density at radius 2 is 1.61 bits per heavy atom. The number of nitrogens with one attached hydrogen (secondary N) is 1. The van der Waals surface area contributed by atoms with Crippen molar-refractivity contribution in [2.75, 3.05) is 26.7 Å². The van der Waals surface area contributed by atoms with E-state index in [1.807, 2.05) is 55.5 Å². The smallest absolute Gasteiger partial charge is 0.407 e. The molecule has 5 rings (SSSR count). The van der Waals surface area contributed by atoms with Crippen LogP contribution in [-0.2, 0) is 10.3 Å². The fourth-order valence-electron chi connectivity index (χ4n) is 5.75. The lowest BCUT2D eigenvalue weighted by Crippen LogP contribution is -2.52. The number of hydrogen-bond acceptors (Lipinski definition) is 3. The highest BCUT2D eigenvalue weighted by Crippen LogP contribution is 2.49. The van der Waals surface area contributed by atoms with E-state index in [0.717, 1.165) is 38.0 Å². The molecule has 0 spiro atoms. The van der Waals surface area contributed by atoms with Gasteiger partial charge in [-0.2, -0.15) is 0 Å². The molecule has 3 aromatic rings. The SMILES string of the molecule is CC(=O)NC1(c2ccccc2)CCN(C[C@@H]2C[C@@H]2c2ccc(Cl)c(Cl)c2)CC1.C[C@H](c1ccccc1)N(C)C(=O)O. The fraction of sp³-hybridized carbons (Fsp3) is 0.394. The molecule has 0 bridgehead atoms. The van der Waals surface area contributed by atoms with Gasteiger partial charge in [-0.3, -0.25) is 4.79 Å². The molecule has 3 aromatic carbocycles. The number of likely N-dealkylation sites (tertiary alicyclic amines) is 1. The van der Waals surface area contributed by atoms with Crippen LogP contribution >= 0.6 is 23.2 Å². The van der Waals surface area contributed by atoms with Gasteiger partial charge in [-0.05, 0) is 66.8 Å². The van der Waals surface area contributed by atoms with Crippen LogP contribution in [0.15, 0.2) is 78.9 Å². The highest BCUT2D eigenvalue weighted by atomic mass is 35.5. The van der Waals surface area contributed by atoms with Gasteiger partial charge < -0.3 is 20.2 Å². The lowest BCUT2D eigenvalue weighted by atomic mass is 9.80. The van der Waals surface area contributed by atoms with Crippen LogP contribution in [0.5, 0.6) is 0 Å². The van der Waals surface area contributed by atoms with Crippen LogP contribution < -0.4 is 5.32 Å². The second-order valence-corrected chi connectivity index (χ2v) is 12.0. The number of carbonyl (C=O) groups is 2. The van der Waals surface area contributed by atoms with Gasteiger partial charge in [0, 0.05) is 33.6 Å². The van der Waals surface area contributed by atoms with E-state index in [9.17, 15) is 9.59 Å². The van der Waals surface area contributed by atoms with Gasteiger partial charge in [0.2, 0.25) is 5.91 Å². The molecule has 3 atom stereocenters. The minimum Gasteiger partial charge on any atom is -0.465 e. The van der Waals surface area contributed by atoms with E-state index >= 15 is 0 Å². The van der Waals surface area contributed by atoms with Gasteiger partial charge in [0.1, 0.15) is 0 Å². The summed E-state index contributed by atoms with van der Waals surface area (Å²) in [4.78, 5) is 26.3. The molecule has 218 valence electrons. The first-order valence-electron chi connectivity index (χ1n) is 14.1. The van der Waals surface area contributed by atoms with Crippen molar-refractivity contribution < 1.29 is 14.7 Å². The van der Waals surface area contributed by atoms with E-state index in [-0.39, 0.29) is 17.5 Å².